The maximum Gasteiger partial charge on any atom is 0.236 e. The predicted molar refractivity (Wildman–Crippen MR) is 63.5 cm³/mol. The number of carbonyl (C=O) groups is 1. The van der Waals surface area contributed by atoms with Gasteiger partial charge in [0.15, 0.2) is 0 Å². The van der Waals surface area contributed by atoms with Crippen molar-refractivity contribution < 1.29 is 9.53 Å². The summed E-state index contributed by atoms with van der Waals surface area (Å²) in [6.07, 6.45) is 2.57. The maximum atomic E-state index is 11.7. The number of ether oxygens (including phenoxy) is 1. The van der Waals surface area contributed by atoms with Gasteiger partial charge in [0, 0.05) is 25.4 Å². The molecule has 2 heterocycles. The van der Waals surface area contributed by atoms with Crippen molar-refractivity contribution in [2.45, 2.75) is 17.8 Å². The Morgan fingerprint density at radius 1 is 1.69 bits per heavy atom. The number of aromatic nitrogens is 1. The van der Waals surface area contributed by atoms with Crippen molar-refractivity contribution in [2.24, 2.45) is 0 Å². The molecule has 0 aromatic carbocycles. The van der Waals surface area contributed by atoms with E-state index in [9.17, 15) is 4.79 Å². The number of hydrogen-bond donors (Lipinski definition) is 0. The molecule has 0 N–H and O–H groups in total. The fraction of sp³-hybridized carbons (Fsp3) is 0.455. The Morgan fingerprint density at radius 2 is 2.50 bits per heavy atom. The summed E-state index contributed by atoms with van der Waals surface area (Å²) < 4.78 is 5.04. The number of methoxy groups -OCH3 is 1. The van der Waals surface area contributed by atoms with Crippen LogP contribution in [0.1, 0.15) is 12.0 Å². The molecule has 1 atom stereocenters. The average Bonchev–Trinajstić information content (AvgIpc) is 2.61. The van der Waals surface area contributed by atoms with E-state index in [1.807, 2.05) is 17.0 Å². The molecular weight excluding hydrogens is 272 g/mol. The molecular formula is C11H13BrN2O2. The van der Waals surface area contributed by atoms with E-state index >= 15 is 0 Å². The molecule has 16 heavy (non-hydrogen) atoms. The summed E-state index contributed by atoms with van der Waals surface area (Å²) in [5.74, 6) is 0.746. The third-order valence-corrected chi connectivity index (χ3v) is 3.46. The van der Waals surface area contributed by atoms with Crippen LogP contribution in [0.3, 0.4) is 0 Å². The summed E-state index contributed by atoms with van der Waals surface area (Å²) in [4.78, 5) is 17.6. The first kappa shape index (κ1) is 11.4. The number of pyridine rings is 1. The Hall–Kier alpha value is -1.10. The third kappa shape index (κ3) is 2.35. The molecule has 1 aromatic heterocycles. The second-order valence-corrected chi connectivity index (χ2v) is 4.83. The van der Waals surface area contributed by atoms with Gasteiger partial charge in [-0.1, -0.05) is 15.9 Å². The van der Waals surface area contributed by atoms with Gasteiger partial charge in [0.05, 0.1) is 11.9 Å². The van der Waals surface area contributed by atoms with Crippen LogP contribution >= 0.6 is 15.9 Å². The van der Waals surface area contributed by atoms with Gasteiger partial charge in [-0.2, -0.15) is 0 Å². The molecule has 1 aromatic rings. The van der Waals surface area contributed by atoms with Gasteiger partial charge in [-0.15, -0.1) is 0 Å². The lowest BCUT2D eigenvalue weighted by Crippen LogP contribution is -2.26. The highest BCUT2D eigenvalue weighted by molar-refractivity contribution is 9.10. The van der Waals surface area contributed by atoms with Gasteiger partial charge < -0.3 is 9.64 Å². The van der Waals surface area contributed by atoms with E-state index in [1.165, 1.54) is 0 Å². The van der Waals surface area contributed by atoms with E-state index < -0.39 is 0 Å². The van der Waals surface area contributed by atoms with Gasteiger partial charge in [-0.3, -0.25) is 4.79 Å². The number of hydrogen-bond acceptors (Lipinski definition) is 3. The minimum atomic E-state index is -0.0174. The van der Waals surface area contributed by atoms with Gasteiger partial charge in [-0.25, -0.2) is 4.98 Å². The summed E-state index contributed by atoms with van der Waals surface area (Å²) in [5.41, 5.74) is 1.04. The number of halogens is 1. The minimum Gasteiger partial charge on any atom is -0.481 e. The van der Waals surface area contributed by atoms with E-state index in [4.69, 9.17) is 4.74 Å². The van der Waals surface area contributed by atoms with Crippen molar-refractivity contribution in [1.29, 1.82) is 0 Å². The van der Waals surface area contributed by atoms with Crippen molar-refractivity contribution in [1.82, 2.24) is 9.88 Å². The van der Waals surface area contributed by atoms with E-state index in [1.54, 1.807) is 13.3 Å². The lowest BCUT2D eigenvalue weighted by atomic mass is 10.2. The average molecular weight is 285 g/mol. The quantitative estimate of drug-likeness (QED) is 0.792. The molecule has 1 aliphatic heterocycles. The van der Waals surface area contributed by atoms with Crippen molar-refractivity contribution in [3.05, 3.63) is 23.9 Å². The van der Waals surface area contributed by atoms with Crippen LogP contribution in [0, 0.1) is 0 Å². The SMILES string of the molecule is COc1cc(CN2CCC(Br)C2=O)ccn1. The standard InChI is InChI=1S/C11H13BrN2O2/c1-16-10-6-8(2-4-13-10)7-14-5-3-9(12)11(14)15/h2,4,6,9H,3,5,7H2,1H3. The number of alkyl halides is 1. The summed E-state index contributed by atoms with van der Waals surface area (Å²) in [6.45, 7) is 1.43. The highest BCUT2D eigenvalue weighted by Crippen LogP contribution is 2.21. The van der Waals surface area contributed by atoms with Gasteiger partial charge >= 0.3 is 0 Å². The Kier molecular flexibility index (Phi) is 3.43. The highest BCUT2D eigenvalue weighted by atomic mass is 79.9. The fourth-order valence-corrected chi connectivity index (χ4v) is 2.23. The molecule has 2 rings (SSSR count). The van der Waals surface area contributed by atoms with E-state index in [2.05, 4.69) is 20.9 Å². The smallest absolute Gasteiger partial charge is 0.236 e. The molecule has 1 amide bonds. The molecule has 0 radical (unpaired) electrons. The Labute approximate surface area is 103 Å². The molecule has 0 spiro atoms. The topological polar surface area (TPSA) is 42.4 Å². The molecule has 4 nitrogen and oxygen atoms in total. The third-order valence-electron chi connectivity index (χ3n) is 2.61. The molecule has 5 heteroatoms. The summed E-state index contributed by atoms with van der Waals surface area (Å²) >= 11 is 3.36. The number of rotatable bonds is 3. The van der Waals surface area contributed by atoms with Gasteiger partial charge in [0.1, 0.15) is 0 Å². The van der Waals surface area contributed by atoms with Crippen molar-refractivity contribution in [2.75, 3.05) is 13.7 Å². The van der Waals surface area contributed by atoms with Crippen LogP contribution in [-0.4, -0.2) is 34.3 Å². The van der Waals surface area contributed by atoms with Gasteiger partial charge in [0.2, 0.25) is 11.8 Å². The molecule has 0 bridgehead atoms. The van der Waals surface area contributed by atoms with Crippen molar-refractivity contribution in [3.63, 3.8) is 0 Å². The molecule has 0 aliphatic carbocycles. The summed E-state index contributed by atoms with van der Waals surface area (Å²) in [5, 5.41) is 0. The Bertz CT molecular complexity index is 397. The molecule has 86 valence electrons. The van der Waals surface area contributed by atoms with E-state index in [0.29, 0.717) is 12.4 Å². The van der Waals surface area contributed by atoms with Crippen LogP contribution in [0.15, 0.2) is 18.3 Å². The second kappa shape index (κ2) is 4.82. The number of likely N-dealkylation sites (tertiary alicyclic amines) is 1. The molecule has 1 aliphatic rings. The second-order valence-electron chi connectivity index (χ2n) is 3.72. The zero-order valence-corrected chi connectivity index (χ0v) is 10.6. The first-order valence-electron chi connectivity index (χ1n) is 5.12. The number of nitrogens with zero attached hydrogens (tertiary/aromatic N) is 2. The first-order chi connectivity index (χ1) is 7.70. The largest absolute Gasteiger partial charge is 0.481 e. The maximum absolute atomic E-state index is 11.7. The summed E-state index contributed by atoms with van der Waals surface area (Å²) in [7, 11) is 1.58. The lowest BCUT2D eigenvalue weighted by molar-refractivity contribution is -0.127. The predicted octanol–water partition coefficient (Wildman–Crippen LogP) is 1.59. The van der Waals surface area contributed by atoms with E-state index in [-0.39, 0.29) is 10.7 Å². The van der Waals surface area contributed by atoms with Gasteiger partial charge in [-0.05, 0) is 18.1 Å². The van der Waals surface area contributed by atoms with Crippen LogP contribution in [0.25, 0.3) is 0 Å². The zero-order valence-electron chi connectivity index (χ0n) is 9.02. The van der Waals surface area contributed by atoms with Crippen molar-refractivity contribution in [3.8, 4) is 5.88 Å². The van der Waals surface area contributed by atoms with Crippen LogP contribution < -0.4 is 4.74 Å². The normalized spacial score (nSPS) is 20.2. The van der Waals surface area contributed by atoms with Crippen LogP contribution in [0.2, 0.25) is 0 Å². The molecule has 1 fully saturated rings. The van der Waals surface area contributed by atoms with Crippen LogP contribution in [0.4, 0.5) is 0 Å². The molecule has 1 saturated heterocycles. The van der Waals surface area contributed by atoms with E-state index in [0.717, 1.165) is 18.5 Å². The Balaban J connectivity index is 2.06. The van der Waals surface area contributed by atoms with Crippen molar-refractivity contribution >= 4 is 21.8 Å². The highest BCUT2D eigenvalue weighted by Gasteiger charge is 2.29. The first-order valence-corrected chi connectivity index (χ1v) is 6.04. The van der Waals surface area contributed by atoms with Crippen LogP contribution in [0.5, 0.6) is 5.88 Å². The Morgan fingerprint density at radius 3 is 3.12 bits per heavy atom. The van der Waals surface area contributed by atoms with Gasteiger partial charge in [0.25, 0.3) is 0 Å². The van der Waals surface area contributed by atoms with Crippen LogP contribution in [-0.2, 0) is 11.3 Å². The lowest BCUT2D eigenvalue weighted by Gasteiger charge is -2.15. The minimum absolute atomic E-state index is 0.0174. The monoisotopic (exact) mass is 284 g/mol. The summed E-state index contributed by atoms with van der Waals surface area (Å²) in [6, 6.07) is 3.76. The number of amides is 1. The zero-order chi connectivity index (χ0) is 11.5. The molecule has 0 saturated carbocycles. The fourth-order valence-electron chi connectivity index (χ4n) is 1.74. The number of carbonyl (C=O) groups excluding carboxylic acids is 1. The molecule has 1 unspecified atom stereocenters.